The molecule has 0 saturated heterocycles. The van der Waals surface area contributed by atoms with E-state index in [-0.39, 0.29) is 5.91 Å². The molecule has 1 heterocycles. The van der Waals surface area contributed by atoms with E-state index in [1.807, 2.05) is 42.5 Å². The number of nitrogens with one attached hydrogen (secondary N) is 2. The maximum atomic E-state index is 12.4. The van der Waals surface area contributed by atoms with Gasteiger partial charge < -0.3 is 24.8 Å². The summed E-state index contributed by atoms with van der Waals surface area (Å²) in [6.07, 6.45) is 1.54. The third-order valence-corrected chi connectivity index (χ3v) is 4.29. The van der Waals surface area contributed by atoms with Gasteiger partial charge in [0.2, 0.25) is 0 Å². The third-order valence-electron chi connectivity index (χ3n) is 4.29. The van der Waals surface area contributed by atoms with Crippen LogP contribution in [0.4, 0.5) is 11.5 Å². The van der Waals surface area contributed by atoms with Crippen molar-refractivity contribution >= 4 is 17.4 Å². The van der Waals surface area contributed by atoms with Gasteiger partial charge in [-0.2, -0.15) is 0 Å². The summed E-state index contributed by atoms with van der Waals surface area (Å²) in [5.41, 5.74) is 2.26. The normalized spacial score (nSPS) is 10.2. The fourth-order valence-corrected chi connectivity index (χ4v) is 2.70. The van der Waals surface area contributed by atoms with E-state index in [4.69, 9.17) is 14.2 Å². The summed E-state index contributed by atoms with van der Waals surface area (Å²) in [5.74, 6) is 2.49. The summed E-state index contributed by atoms with van der Waals surface area (Å²) in [4.78, 5) is 16.7. The Balaban J connectivity index is 1.58. The highest BCUT2D eigenvalue weighted by atomic mass is 16.5. The van der Waals surface area contributed by atoms with Gasteiger partial charge in [-0.3, -0.25) is 4.79 Å². The highest BCUT2D eigenvalue weighted by molar-refractivity contribution is 5.94. The summed E-state index contributed by atoms with van der Waals surface area (Å²) < 4.78 is 15.6. The molecule has 0 atom stereocenters. The smallest absolute Gasteiger partial charge is 0.253 e. The zero-order valence-corrected chi connectivity index (χ0v) is 16.6. The van der Waals surface area contributed by atoms with Gasteiger partial charge in [-0.1, -0.05) is 6.07 Å². The van der Waals surface area contributed by atoms with Gasteiger partial charge in [-0.05, 0) is 54.1 Å². The minimum absolute atomic E-state index is 0.205. The summed E-state index contributed by atoms with van der Waals surface area (Å²) >= 11 is 0. The largest absolute Gasteiger partial charge is 0.497 e. The van der Waals surface area contributed by atoms with Crippen molar-refractivity contribution in [3.8, 4) is 17.2 Å². The first-order chi connectivity index (χ1) is 14.1. The Morgan fingerprint density at radius 2 is 1.66 bits per heavy atom. The van der Waals surface area contributed by atoms with Crippen molar-refractivity contribution in [3.05, 3.63) is 71.9 Å². The van der Waals surface area contributed by atoms with E-state index >= 15 is 0 Å². The number of methoxy groups -OCH3 is 3. The van der Waals surface area contributed by atoms with Crippen molar-refractivity contribution < 1.29 is 19.0 Å². The van der Waals surface area contributed by atoms with Crippen LogP contribution in [-0.4, -0.2) is 32.2 Å². The lowest BCUT2D eigenvalue weighted by molar-refractivity contribution is 0.0950. The van der Waals surface area contributed by atoms with Gasteiger partial charge in [0.15, 0.2) is 11.5 Å². The Morgan fingerprint density at radius 3 is 2.28 bits per heavy atom. The number of hydrogen-bond acceptors (Lipinski definition) is 6. The average molecular weight is 393 g/mol. The van der Waals surface area contributed by atoms with Crippen LogP contribution in [0.3, 0.4) is 0 Å². The molecular weight excluding hydrogens is 370 g/mol. The Bertz CT molecular complexity index is 957. The van der Waals surface area contributed by atoms with Gasteiger partial charge in [-0.25, -0.2) is 4.98 Å². The number of carbonyl (C=O) groups excluding carboxylic acids is 1. The lowest BCUT2D eigenvalue weighted by Crippen LogP contribution is -2.23. The number of hydrogen-bond donors (Lipinski definition) is 2. The standard InChI is InChI=1S/C22H23N3O4/c1-27-18-8-6-17(7-9-18)25-21-11-5-16(14-23-21)22(26)24-13-15-4-10-19(28-2)20(12-15)29-3/h4-12,14H,13H2,1-3H3,(H,23,25)(H,24,26). The maximum absolute atomic E-state index is 12.4. The number of carbonyl (C=O) groups is 1. The summed E-state index contributed by atoms with van der Waals surface area (Å²) in [5, 5.41) is 6.05. The van der Waals surface area contributed by atoms with E-state index in [1.165, 1.54) is 6.20 Å². The lowest BCUT2D eigenvalue weighted by Gasteiger charge is -2.11. The van der Waals surface area contributed by atoms with Gasteiger partial charge in [0.1, 0.15) is 11.6 Å². The fourth-order valence-electron chi connectivity index (χ4n) is 2.70. The minimum atomic E-state index is -0.205. The first-order valence-electron chi connectivity index (χ1n) is 8.99. The zero-order valence-electron chi connectivity index (χ0n) is 16.6. The van der Waals surface area contributed by atoms with Crippen LogP contribution in [0, 0.1) is 0 Å². The van der Waals surface area contributed by atoms with Crippen molar-refractivity contribution in [2.75, 3.05) is 26.6 Å². The van der Waals surface area contributed by atoms with Crippen LogP contribution in [0.1, 0.15) is 15.9 Å². The van der Waals surface area contributed by atoms with Crippen LogP contribution in [-0.2, 0) is 6.54 Å². The Labute approximate surface area is 169 Å². The number of pyridine rings is 1. The molecule has 3 rings (SSSR count). The van der Waals surface area contributed by atoms with E-state index in [1.54, 1.807) is 33.5 Å². The van der Waals surface area contributed by atoms with Crippen LogP contribution in [0.2, 0.25) is 0 Å². The average Bonchev–Trinajstić information content (AvgIpc) is 2.78. The molecule has 0 saturated carbocycles. The van der Waals surface area contributed by atoms with Gasteiger partial charge in [0, 0.05) is 18.4 Å². The summed E-state index contributed by atoms with van der Waals surface area (Å²) in [7, 11) is 4.78. The second kappa shape index (κ2) is 9.45. The molecule has 7 nitrogen and oxygen atoms in total. The summed E-state index contributed by atoms with van der Waals surface area (Å²) in [6, 6.07) is 16.5. The number of rotatable bonds is 8. The predicted molar refractivity (Wildman–Crippen MR) is 111 cm³/mol. The van der Waals surface area contributed by atoms with Gasteiger partial charge in [0.25, 0.3) is 5.91 Å². The number of amides is 1. The van der Waals surface area contributed by atoms with Gasteiger partial charge in [-0.15, -0.1) is 0 Å². The van der Waals surface area contributed by atoms with Crippen LogP contribution in [0.5, 0.6) is 17.2 Å². The Morgan fingerprint density at radius 1 is 0.897 bits per heavy atom. The number of ether oxygens (including phenoxy) is 3. The second-order valence-electron chi connectivity index (χ2n) is 6.16. The first-order valence-corrected chi connectivity index (χ1v) is 8.99. The first kappa shape index (κ1) is 20.0. The highest BCUT2D eigenvalue weighted by Gasteiger charge is 2.09. The van der Waals surface area contributed by atoms with E-state index in [0.29, 0.717) is 29.4 Å². The number of nitrogens with zero attached hydrogens (tertiary/aromatic N) is 1. The van der Waals surface area contributed by atoms with E-state index in [9.17, 15) is 4.79 Å². The molecule has 0 fully saturated rings. The van der Waals surface area contributed by atoms with Crippen molar-refractivity contribution in [2.24, 2.45) is 0 Å². The molecule has 2 N–H and O–H groups in total. The van der Waals surface area contributed by atoms with Crippen LogP contribution in [0.15, 0.2) is 60.8 Å². The molecule has 7 heteroatoms. The SMILES string of the molecule is COc1ccc(Nc2ccc(C(=O)NCc3ccc(OC)c(OC)c3)cn2)cc1. The van der Waals surface area contributed by atoms with Crippen molar-refractivity contribution in [3.63, 3.8) is 0 Å². The Hall–Kier alpha value is -3.74. The molecule has 0 radical (unpaired) electrons. The van der Waals surface area contributed by atoms with Gasteiger partial charge >= 0.3 is 0 Å². The quantitative estimate of drug-likeness (QED) is 0.606. The Kier molecular flexibility index (Phi) is 6.52. The molecule has 150 valence electrons. The third kappa shape index (κ3) is 5.16. The maximum Gasteiger partial charge on any atom is 0.253 e. The monoisotopic (exact) mass is 393 g/mol. The summed E-state index contributed by atoms with van der Waals surface area (Å²) in [6.45, 7) is 0.366. The van der Waals surface area contributed by atoms with Gasteiger partial charge in [0.05, 0.1) is 26.9 Å². The molecule has 0 spiro atoms. The predicted octanol–water partition coefficient (Wildman–Crippen LogP) is 3.78. The molecule has 0 bridgehead atoms. The number of benzene rings is 2. The second-order valence-corrected chi connectivity index (χ2v) is 6.16. The zero-order chi connectivity index (χ0) is 20.6. The van der Waals surface area contributed by atoms with E-state index in [2.05, 4.69) is 15.6 Å². The molecule has 0 aliphatic carbocycles. The number of aromatic nitrogens is 1. The van der Waals surface area contributed by atoms with E-state index in [0.717, 1.165) is 17.0 Å². The molecule has 1 aromatic heterocycles. The van der Waals surface area contributed by atoms with Crippen LogP contribution >= 0.6 is 0 Å². The van der Waals surface area contributed by atoms with E-state index < -0.39 is 0 Å². The molecule has 0 unspecified atom stereocenters. The molecule has 29 heavy (non-hydrogen) atoms. The number of anilines is 2. The molecule has 1 amide bonds. The fraction of sp³-hybridized carbons (Fsp3) is 0.182. The lowest BCUT2D eigenvalue weighted by atomic mass is 10.2. The highest BCUT2D eigenvalue weighted by Crippen LogP contribution is 2.27. The van der Waals surface area contributed by atoms with Crippen molar-refractivity contribution in [1.82, 2.24) is 10.3 Å². The molecular formula is C22H23N3O4. The molecule has 0 aliphatic rings. The molecule has 0 aliphatic heterocycles. The minimum Gasteiger partial charge on any atom is -0.497 e. The van der Waals surface area contributed by atoms with Crippen molar-refractivity contribution in [1.29, 1.82) is 0 Å². The molecule has 3 aromatic rings. The molecule has 2 aromatic carbocycles. The van der Waals surface area contributed by atoms with Crippen molar-refractivity contribution in [2.45, 2.75) is 6.54 Å². The topological polar surface area (TPSA) is 81.7 Å². The van der Waals surface area contributed by atoms with Crippen LogP contribution < -0.4 is 24.8 Å². The van der Waals surface area contributed by atoms with Crippen LogP contribution in [0.25, 0.3) is 0 Å².